The minimum absolute atomic E-state index is 0.317. The van der Waals surface area contributed by atoms with E-state index in [9.17, 15) is 0 Å². The van der Waals surface area contributed by atoms with Gasteiger partial charge in [0.25, 0.3) is 5.89 Å². The molecule has 0 bridgehead atoms. The maximum atomic E-state index is 5.94. The molecule has 2 aromatic rings. The predicted molar refractivity (Wildman–Crippen MR) is 106 cm³/mol. The lowest BCUT2D eigenvalue weighted by atomic mass is 9.90. The van der Waals surface area contributed by atoms with Crippen LogP contribution in [0.4, 0.5) is 0 Å². The Balaban J connectivity index is 1.20. The lowest BCUT2D eigenvalue weighted by molar-refractivity contribution is -0.0847. The first-order chi connectivity index (χ1) is 14.8. The van der Waals surface area contributed by atoms with Crippen molar-refractivity contribution in [3.63, 3.8) is 0 Å². The van der Waals surface area contributed by atoms with Gasteiger partial charge in [-0.15, -0.1) is 0 Å². The topological polar surface area (TPSA) is 99.5 Å². The summed E-state index contributed by atoms with van der Waals surface area (Å²) in [6, 6.07) is 0. The molecule has 5 rings (SSSR count). The third-order valence-electron chi connectivity index (χ3n) is 7.04. The second-order valence-corrected chi connectivity index (χ2v) is 8.85. The van der Waals surface area contributed by atoms with Gasteiger partial charge in [-0.2, -0.15) is 9.97 Å². The summed E-state index contributed by atoms with van der Waals surface area (Å²) in [4.78, 5) is 11.7. The number of aromatic nitrogens is 4. The summed E-state index contributed by atoms with van der Waals surface area (Å²) in [6.07, 6.45) is 8.38. The average Bonchev–Trinajstić information content (AvgIpc) is 3.56. The van der Waals surface area contributed by atoms with Gasteiger partial charge in [0.2, 0.25) is 5.89 Å². The molecule has 2 saturated heterocycles. The van der Waals surface area contributed by atoms with Gasteiger partial charge in [0.1, 0.15) is 5.60 Å². The van der Waals surface area contributed by atoms with Crippen LogP contribution in [-0.4, -0.2) is 58.6 Å². The van der Waals surface area contributed by atoms with Crippen LogP contribution >= 0.6 is 0 Å². The summed E-state index contributed by atoms with van der Waals surface area (Å²) in [5, 5.41) is 8.49. The monoisotopic (exact) mass is 417 g/mol. The molecule has 3 fully saturated rings. The molecule has 164 valence electrons. The van der Waals surface area contributed by atoms with Gasteiger partial charge in [0, 0.05) is 45.2 Å². The number of piperidine rings is 1. The fourth-order valence-electron chi connectivity index (χ4n) is 4.99. The maximum Gasteiger partial charge on any atom is 0.258 e. The van der Waals surface area contributed by atoms with E-state index in [4.69, 9.17) is 23.5 Å². The van der Waals surface area contributed by atoms with E-state index in [0.29, 0.717) is 30.2 Å². The lowest BCUT2D eigenvalue weighted by Gasteiger charge is -2.37. The maximum absolute atomic E-state index is 5.94. The van der Waals surface area contributed by atoms with Crippen molar-refractivity contribution in [2.45, 2.75) is 75.3 Å². The summed E-state index contributed by atoms with van der Waals surface area (Å²) in [5.74, 6) is 3.79. The van der Waals surface area contributed by atoms with Crippen molar-refractivity contribution in [3.8, 4) is 0 Å². The highest BCUT2D eigenvalue weighted by molar-refractivity contribution is 5.06. The molecule has 3 aliphatic rings. The van der Waals surface area contributed by atoms with Crippen LogP contribution in [0.25, 0.3) is 0 Å². The van der Waals surface area contributed by atoms with Gasteiger partial charge < -0.3 is 18.5 Å². The molecular weight excluding hydrogens is 386 g/mol. The van der Waals surface area contributed by atoms with Crippen LogP contribution in [0.3, 0.4) is 0 Å². The minimum atomic E-state index is -0.517. The van der Waals surface area contributed by atoms with E-state index in [0.717, 1.165) is 63.6 Å². The summed E-state index contributed by atoms with van der Waals surface area (Å²) < 4.78 is 22.6. The van der Waals surface area contributed by atoms with Gasteiger partial charge in [-0.05, 0) is 38.5 Å². The van der Waals surface area contributed by atoms with Gasteiger partial charge in [0.05, 0.1) is 6.54 Å². The van der Waals surface area contributed by atoms with Gasteiger partial charge in [-0.25, -0.2) is 0 Å². The molecule has 1 saturated carbocycles. The van der Waals surface area contributed by atoms with Crippen LogP contribution < -0.4 is 0 Å². The molecule has 0 amide bonds. The van der Waals surface area contributed by atoms with E-state index in [-0.39, 0.29) is 0 Å². The van der Waals surface area contributed by atoms with E-state index >= 15 is 0 Å². The molecule has 30 heavy (non-hydrogen) atoms. The predicted octanol–water partition coefficient (Wildman–Crippen LogP) is 3.14. The summed E-state index contributed by atoms with van der Waals surface area (Å²) in [7, 11) is 1.74. The molecular formula is C21H31N5O4. The lowest BCUT2D eigenvalue weighted by Crippen LogP contribution is -2.43. The van der Waals surface area contributed by atoms with Gasteiger partial charge in [-0.1, -0.05) is 23.2 Å². The van der Waals surface area contributed by atoms with Gasteiger partial charge in [-0.3, -0.25) is 4.90 Å². The third-order valence-corrected chi connectivity index (χ3v) is 7.04. The average molecular weight is 418 g/mol. The molecule has 4 heterocycles. The van der Waals surface area contributed by atoms with E-state index in [1.54, 1.807) is 7.11 Å². The molecule has 9 nitrogen and oxygen atoms in total. The number of rotatable bonds is 6. The number of nitrogens with zero attached hydrogens (tertiary/aromatic N) is 5. The van der Waals surface area contributed by atoms with Crippen LogP contribution in [0, 0.1) is 0 Å². The van der Waals surface area contributed by atoms with Crippen molar-refractivity contribution < 1.29 is 18.5 Å². The van der Waals surface area contributed by atoms with E-state index in [1.165, 1.54) is 25.7 Å². The second-order valence-electron chi connectivity index (χ2n) is 8.85. The van der Waals surface area contributed by atoms with Gasteiger partial charge in [0.15, 0.2) is 11.6 Å². The fourth-order valence-corrected chi connectivity index (χ4v) is 4.99. The fraction of sp³-hybridized carbons (Fsp3) is 0.810. The van der Waals surface area contributed by atoms with E-state index in [1.807, 2.05) is 0 Å². The largest absolute Gasteiger partial charge is 0.381 e. The third kappa shape index (κ3) is 4.02. The second kappa shape index (κ2) is 8.72. The van der Waals surface area contributed by atoms with Gasteiger partial charge >= 0.3 is 0 Å². The Morgan fingerprint density at radius 1 is 0.933 bits per heavy atom. The highest BCUT2D eigenvalue weighted by atomic mass is 16.5. The van der Waals surface area contributed by atoms with Crippen molar-refractivity contribution in [2.24, 2.45) is 0 Å². The number of ether oxygens (including phenoxy) is 2. The van der Waals surface area contributed by atoms with Crippen LogP contribution in [0.1, 0.15) is 86.6 Å². The molecule has 0 spiro atoms. The first-order valence-corrected chi connectivity index (χ1v) is 11.3. The number of hydrogen-bond donors (Lipinski definition) is 0. The van der Waals surface area contributed by atoms with Crippen LogP contribution in [0.2, 0.25) is 0 Å². The first-order valence-electron chi connectivity index (χ1n) is 11.3. The Labute approximate surface area is 176 Å². The minimum Gasteiger partial charge on any atom is -0.381 e. The molecule has 0 N–H and O–H groups in total. The summed E-state index contributed by atoms with van der Waals surface area (Å²) in [6.45, 7) is 3.90. The highest BCUT2D eigenvalue weighted by Crippen LogP contribution is 2.37. The molecule has 2 aliphatic heterocycles. The quantitative estimate of drug-likeness (QED) is 0.701. The number of methoxy groups -OCH3 is 1. The molecule has 1 aliphatic carbocycles. The standard InChI is InChI=1S/C21H31N5O4/c1-27-21(20-23-19(25-30-20)16-6-12-28-13-7-16)8-10-26(11-9-21)14-17-22-18(24-29-17)15-4-2-3-5-15/h15-16H,2-14H2,1H3. The normalized spacial score (nSPS) is 23.9. The Morgan fingerprint density at radius 2 is 1.60 bits per heavy atom. The zero-order valence-corrected chi connectivity index (χ0v) is 17.7. The number of likely N-dealkylation sites (tertiary alicyclic amines) is 1. The molecule has 0 aromatic carbocycles. The molecule has 0 radical (unpaired) electrons. The van der Waals surface area contributed by atoms with Crippen molar-refractivity contribution in [3.05, 3.63) is 23.4 Å². The van der Waals surface area contributed by atoms with Crippen molar-refractivity contribution in [2.75, 3.05) is 33.4 Å². The Bertz CT molecular complexity index is 817. The highest BCUT2D eigenvalue weighted by Gasteiger charge is 2.42. The van der Waals surface area contributed by atoms with E-state index < -0.39 is 5.60 Å². The SMILES string of the molecule is COC1(c2nc(C3CCOCC3)no2)CCN(Cc2nc(C3CCCC3)no2)CC1. The smallest absolute Gasteiger partial charge is 0.258 e. The van der Waals surface area contributed by atoms with E-state index in [2.05, 4.69) is 20.2 Å². The van der Waals surface area contributed by atoms with Crippen molar-refractivity contribution in [1.29, 1.82) is 0 Å². The van der Waals surface area contributed by atoms with Crippen LogP contribution in [0.15, 0.2) is 9.05 Å². The van der Waals surface area contributed by atoms with Crippen molar-refractivity contribution >= 4 is 0 Å². The van der Waals surface area contributed by atoms with Crippen molar-refractivity contribution in [1.82, 2.24) is 25.2 Å². The first kappa shape index (κ1) is 20.1. The van der Waals surface area contributed by atoms with Crippen LogP contribution in [-0.2, 0) is 21.6 Å². The molecule has 9 heteroatoms. The Kier molecular flexibility index (Phi) is 5.84. The molecule has 2 aromatic heterocycles. The summed E-state index contributed by atoms with van der Waals surface area (Å²) >= 11 is 0. The Morgan fingerprint density at radius 3 is 2.33 bits per heavy atom. The Hall–Kier alpha value is -1.84. The zero-order valence-electron chi connectivity index (χ0n) is 17.7. The van der Waals surface area contributed by atoms with Crippen LogP contribution in [0.5, 0.6) is 0 Å². The molecule has 0 atom stereocenters. The number of hydrogen-bond acceptors (Lipinski definition) is 9. The molecule has 0 unspecified atom stereocenters. The summed E-state index contributed by atoms with van der Waals surface area (Å²) in [5.41, 5.74) is -0.517. The zero-order chi connectivity index (χ0) is 20.4.